The maximum Gasteiger partial charge on any atom is 0.159 e. The SMILES string of the molecule is CP(C)(=O)c1ccc(-c2nccc(CO)n2)cc1. The molecule has 0 saturated heterocycles. The number of benzene rings is 1. The Balaban J connectivity index is 2.37. The van der Waals surface area contributed by atoms with Crippen LogP contribution in [0, 0.1) is 0 Å². The van der Waals surface area contributed by atoms with E-state index in [9.17, 15) is 4.57 Å². The molecule has 0 aliphatic heterocycles. The Morgan fingerprint density at radius 1 is 1.17 bits per heavy atom. The fourth-order valence-corrected chi connectivity index (χ4v) is 2.46. The molecule has 4 nitrogen and oxygen atoms in total. The molecule has 18 heavy (non-hydrogen) atoms. The van der Waals surface area contributed by atoms with Gasteiger partial charge < -0.3 is 9.67 Å². The Labute approximate surface area is 106 Å². The van der Waals surface area contributed by atoms with Crippen molar-refractivity contribution >= 4 is 12.4 Å². The van der Waals surface area contributed by atoms with E-state index in [4.69, 9.17) is 5.11 Å². The molecule has 1 aromatic carbocycles. The monoisotopic (exact) mass is 262 g/mol. The van der Waals surface area contributed by atoms with E-state index in [2.05, 4.69) is 9.97 Å². The highest BCUT2D eigenvalue weighted by molar-refractivity contribution is 7.70. The van der Waals surface area contributed by atoms with Crippen molar-refractivity contribution in [3.63, 3.8) is 0 Å². The van der Waals surface area contributed by atoms with Gasteiger partial charge in [-0.25, -0.2) is 9.97 Å². The van der Waals surface area contributed by atoms with E-state index >= 15 is 0 Å². The maximum absolute atomic E-state index is 11.9. The molecule has 5 heteroatoms. The molecule has 0 spiro atoms. The van der Waals surface area contributed by atoms with Crippen LogP contribution >= 0.6 is 7.14 Å². The Bertz CT molecular complexity index is 590. The number of hydrogen-bond acceptors (Lipinski definition) is 4. The van der Waals surface area contributed by atoms with Gasteiger partial charge in [-0.1, -0.05) is 24.3 Å². The van der Waals surface area contributed by atoms with Crippen molar-refractivity contribution in [2.45, 2.75) is 6.61 Å². The van der Waals surface area contributed by atoms with Gasteiger partial charge in [0.25, 0.3) is 0 Å². The number of aliphatic hydroxyl groups is 1. The molecule has 1 heterocycles. The van der Waals surface area contributed by atoms with Crippen LogP contribution < -0.4 is 5.30 Å². The lowest BCUT2D eigenvalue weighted by molar-refractivity contribution is 0.277. The molecule has 2 rings (SSSR count). The van der Waals surface area contributed by atoms with Gasteiger partial charge >= 0.3 is 0 Å². The average molecular weight is 262 g/mol. The maximum atomic E-state index is 11.9. The van der Waals surface area contributed by atoms with Gasteiger partial charge in [0.05, 0.1) is 12.3 Å². The van der Waals surface area contributed by atoms with Crippen LogP contribution in [0.25, 0.3) is 11.4 Å². The summed E-state index contributed by atoms with van der Waals surface area (Å²) < 4.78 is 11.9. The molecule has 0 aliphatic carbocycles. The summed E-state index contributed by atoms with van der Waals surface area (Å²) in [6.45, 7) is 3.38. The van der Waals surface area contributed by atoms with Crippen LogP contribution in [0.3, 0.4) is 0 Å². The quantitative estimate of drug-likeness (QED) is 0.858. The molecule has 94 valence electrons. The van der Waals surface area contributed by atoms with Gasteiger partial charge in [0.15, 0.2) is 5.82 Å². The lowest BCUT2D eigenvalue weighted by Gasteiger charge is -2.07. The molecule has 0 aliphatic rings. The lowest BCUT2D eigenvalue weighted by atomic mass is 10.2. The van der Waals surface area contributed by atoms with E-state index in [1.807, 2.05) is 24.3 Å². The zero-order valence-electron chi connectivity index (χ0n) is 10.4. The normalized spacial score (nSPS) is 11.5. The number of nitrogens with zero attached hydrogens (tertiary/aromatic N) is 2. The Morgan fingerprint density at radius 2 is 1.83 bits per heavy atom. The van der Waals surface area contributed by atoms with Crippen LogP contribution in [0.5, 0.6) is 0 Å². The largest absolute Gasteiger partial charge is 0.390 e. The van der Waals surface area contributed by atoms with E-state index in [-0.39, 0.29) is 6.61 Å². The van der Waals surface area contributed by atoms with E-state index in [0.717, 1.165) is 10.9 Å². The van der Waals surface area contributed by atoms with Crippen molar-refractivity contribution in [3.05, 3.63) is 42.2 Å². The van der Waals surface area contributed by atoms with Crippen LogP contribution in [0.1, 0.15) is 5.69 Å². The molecule has 2 aromatic rings. The zero-order valence-corrected chi connectivity index (χ0v) is 11.3. The van der Waals surface area contributed by atoms with E-state index in [0.29, 0.717) is 11.5 Å². The van der Waals surface area contributed by atoms with Crippen LogP contribution in [0.15, 0.2) is 36.5 Å². The number of aliphatic hydroxyl groups excluding tert-OH is 1. The lowest BCUT2D eigenvalue weighted by Crippen LogP contribution is -2.02. The molecule has 1 N–H and O–H groups in total. The summed E-state index contributed by atoms with van der Waals surface area (Å²) in [7, 11) is -2.23. The van der Waals surface area contributed by atoms with E-state index in [1.54, 1.807) is 25.6 Å². The van der Waals surface area contributed by atoms with Crippen molar-refractivity contribution in [3.8, 4) is 11.4 Å². The summed E-state index contributed by atoms with van der Waals surface area (Å²) in [6, 6.07) is 9.05. The van der Waals surface area contributed by atoms with Gasteiger partial charge in [0.2, 0.25) is 0 Å². The molecule has 0 atom stereocenters. The third kappa shape index (κ3) is 2.84. The summed E-state index contributed by atoms with van der Waals surface area (Å²) in [5.41, 5.74) is 1.43. The van der Waals surface area contributed by atoms with Crippen LogP contribution in [0.4, 0.5) is 0 Å². The van der Waals surface area contributed by atoms with Crippen molar-refractivity contribution < 1.29 is 9.67 Å². The minimum Gasteiger partial charge on any atom is -0.390 e. The van der Waals surface area contributed by atoms with Gasteiger partial charge in [0, 0.05) is 17.1 Å². The van der Waals surface area contributed by atoms with Gasteiger partial charge in [-0.05, 0) is 19.4 Å². The number of rotatable bonds is 3. The van der Waals surface area contributed by atoms with Crippen LogP contribution in [0.2, 0.25) is 0 Å². The highest BCUT2D eigenvalue weighted by Crippen LogP contribution is 2.34. The Kier molecular flexibility index (Phi) is 3.60. The van der Waals surface area contributed by atoms with Crippen molar-refractivity contribution in [2.24, 2.45) is 0 Å². The predicted octanol–water partition coefficient (Wildman–Crippen LogP) is 1.88. The fourth-order valence-electron chi connectivity index (χ4n) is 1.59. The molecule has 0 amide bonds. The molecular formula is C13H15N2O2P. The summed E-state index contributed by atoms with van der Waals surface area (Å²) >= 11 is 0. The highest BCUT2D eigenvalue weighted by Gasteiger charge is 2.11. The minimum absolute atomic E-state index is 0.104. The number of aromatic nitrogens is 2. The second kappa shape index (κ2) is 5.01. The molecular weight excluding hydrogens is 247 g/mol. The highest BCUT2D eigenvalue weighted by atomic mass is 31.2. The summed E-state index contributed by atoms with van der Waals surface area (Å²) in [5.74, 6) is 0.565. The van der Waals surface area contributed by atoms with Crippen molar-refractivity contribution in [2.75, 3.05) is 13.3 Å². The summed E-state index contributed by atoms with van der Waals surface area (Å²) in [6.07, 6.45) is 1.62. The topological polar surface area (TPSA) is 63.1 Å². The smallest absolute Gasteiger partial charge is 0.159 e. The van der Waals surface area contributed by atoms with Gasteiger partial charge in [-0.2, -0.15) is 0 Å². The third-order valence-electron chi connectivity index (χ3n) is 2.62. The molecule has 0 saturated carbocycles. The van der Waals surface area contributed by atoms with Gasteiger partial charge in [-0.3, -0.25) is 0 Å². The first-order valence-corrected chi connectivity index (χ1v) is 8.19. The first kappa shape index (κ1) is 12.9. The average Bonchev–Trinajstić information content (AvgIpc) is 2.38. The zero-order chi connectivity index (χ0) is 13.2. The van der Waals surface area contributed by atoms with Gasteiger partial charge in [-0.15, -0.1) is 0 Å². The van der Waals surface area contributed by atoms with Crippen LogP contribution in [-0.2, 0) is 11.2 Å². The first-order valence-electron chi connectivity index (χ1n) is 5.59. The second-order valence-corrected chi connectivity index (χ2v) is 7.65. The Morgan fingerprint density at radius 3 is 2.39 bits per heavy atom. The van der Waals surface area contributed by atoms with Crippen molar-refractivity contribution in [1.82, 2.24) is 9.97 Å². The predicted molar refractivity (Wildman–Crippen MR) is 72.5 cm³/mol. The molecule has 0 fully saturated rings. The molecule has 0 unspecified atom stereocenters. The molecule has 0 radical (unpaired) electrons. The minimum atomic E-state index is -2.23. The fraction of sp³-hybridized carbons (Fsp3) is 0.231. The number of hydrogen-bond donors (Lipinski definition) is 1. The summed E-state index contributed by atoms with van der Waals surface area (Å²) in [5, 5.41) is 9.87. The van der Waals surface area contributed by atoms with E-state index in [1.165, 1.54) is 0 Å². The van der Waals surface area contributed by atoms with E-state index < -0.39 is 7.14 Å². The van der Waals surface area contributed by atoms with Crippen LogP contribution in [-0.4, -0.2) is 28.4 Å². The Hall–Kier alpha value is -1.51. The van der Waals surface area contributed by atoms with Crippen molar-refractivity contribution in [1.29, 1.82) is 0 Å². The molecule has 0 bridgehead atoms. The molecule has 1 aromatic heterocycles. The summed E-state index contributed by atoms with van der Waals surface area (Å²) in [4.78, 5) is 8.38. The second-order valence-electron chi connectivity index (χ2n) is 4.43. The third-order valence-corrected chi connectivity index (χ3v) is 4.16. The standard InChI is InChI=1S/C13H15N2O2P/c1-18(2,17)12-5-3-10(4-6-12)13-14-8-7-11(9-16)15-13/h3-8,16H,9H2,1-2H3. The van der Waals surface area contributed by atoms with Gasteiger partial charge in [0.1, 0.15) is 7.14 Å². The first-order chi connectivity index (χ1) is 8.50.